The van der Waals surface area contributed by atoms with E-state index in [0.29, 0.717) is 11.3 Å². The highest BCUT2D eigenvalue weighted by molar-refractivity contribution is 9.10. The highest BCUT2D eigenvalue weighted by atomic mass is 79.9. The normalized spacial score (nSPS) is 10.1. The number of ether oxygens (including phenoxy) is 1. The molecule has 2 N–H and O–H groups in total. The first kappa shape index (κ1) is 13.0. The molecule has 2 nitrogen and oxygen atoms in total. The Bertz CT molecular complexity index is 603. The third kappa shape index (κ3) is 2.86. The second-order valence-corrected chi connectivity index (χ2v) is 4.89. The van der Waals surface area contributed by atoms with Crippen LogP contribution < -0.4 is 10.5 Å². The van der Waals surface area contributed by atoms with Crippen molar-refractivity contribution in [3.63, 3.8) is 0 Å². The lowest BCUT2D eigenvalue weighted by Crippen LogP contribution is -2.10. The van der Waals surface area contributed by atoms with E-state index < -0.39 is 5.82 Å². The maximum atomic E-state index is 13.6. The maximum absolute atomic E-state index is 13.6. The summed E-state index contributed by atoms with van der Waals surface area (Å²) in [6.45, 7) is 0. The molecule has 0 aliphatic rings. The van der Waals surface area contributed by atoms with Gasteiger partial charge in [-0.3, -0.25) is 0 Å². The molecule has 0 bridgehead atoms. The lowest BCUT2D eigenvalue weighted by Gasteiger charge is -2.10. The van der Waals surface area contributed by atoms with Crippen LogP contribution in [-0.4, -0.2) is 4.99 Å². The topological polar surface area (TPSA) is 35.2 Å². The van der Waals surface area contributed by atoms with Crippen molar-refractivity contribution in [3.8, 4) is 11.5 Å². The Morgan fingerprint density at radius 1 is 1.17 bits per heavy atom. The Balaban J connectivity index is 2.40. The largest absolute Gasteiger partial charge is 0.454 e. The van der Waals surface area contributed by atoms with Crippen molar-refractivity contribution in [2.24, 2.45) is 5.73 Å². The van der Waals surface area contributed by atoms with Crippen LogP contribution in [0.5, 0.6) is 11.5 Å². The number of rotatable bonds is 3. The lowest BCUT2D eigenvalue weighted by atomic mass is 10.2. The summed E-state index contributed by atoms with van der Waals surface area (Å²) >= 11 is 8.18. The molecule has 0 saturated heterocycles. The highest BCUT2D eigenvalue weighted by Gasteiger charge is 2.10. The first-order valence-electron chi connectivity index (χ1n) is 5.09. The molecule has 92 valence electrons. The Hall–Kier alpha value is -1.46. The number of nitrogens with two attached hydrogens (primary N) is 1. The van der Waals surface area contributed by atoms with Crippen LogP contribution >= 0.6 is 28.1 Å². The molecule has 0 aliphatic carbocycles. The fourth-order valence-corrected chi connectivity index (χ4v) is 1.94. The molecular weight excluding hydrogens is 317 g/mol. The van der Waals surface area contributed by atoms with Crippen LogP contribution in [0.1, 0.15) is 5.56 Å². The summed E-state index contributed by atoms with van der Waals surface area (Å²) in [5, 5.41) is 0. The van der Waals surface area contributed by atoms with Crippen molar-refractivity contribution in [3.05, 3.63) is 58.3 Å². The van der Waals surface area contributed by atoms with E-state index in [9.17, 15) is 4.39 Å². The van der Waals surface area contributed by atoms with Crippen molar-refractivity contribution in [1.82, 2.24) is 0 Å². The zero-order valence-electron chi connectivity index (χ0n) is 9.19. The molecule has 0 saturated carbocycles. The number of halogens is 2. The highest BCUT2D eigenvalue weighted by Crippen LogP contribution is 2.29. The van der Waals surface area contributed by atoms with E-state index >= 15 is 0 Å². The lowest BCUT2D eigenvalue weighted by molar-refractivity contribution is 0.441. The van der Waals surface area contributed by atoms with Gasteiger partial charge in [0.05, 0.1) is 5.56 Å². The summed E-state index contributed by atoms with van der Waals surface area (Å²) in [6, 6.07) is 11.4. The number of hydrogen-bond donors (Lipinski definition) is 1. The van der Waals surface area contributed by atoms with Gasteiger partial charge in [0.15, 0.2) is 11.6 Å². The van der Waals surface area contributed by atoms with E-state index in [0.717, 1.165) is 4.47 Å². The molecule has 5 heteroatoms. The molecule has 0 unspecified atom stereocenters. The average molecular weight is 326 g/mol. The van der Waals surface area contributed by atoms with Crippen molar-refractivity contribution in [2.75, 3.05) is 0 Å². The SMILES string of the molecule is NC(=S)c1ccccc1Oc1cc(Br)ccc1F. The van der Waals surface area contributed by atoms with Gasteiger partial charge in [0.2, 0.25) is 0 Å². The molecular formula is C13H9BrFNOS. The van der Waals surface area contributed by atoms with Crippen molar-refractivity contribution in [1.29, 1.82) is 0 Å². The molecule has 0 spiro atoms. The van der Waals surface area contributed by atoms with Crippen LogP contribution in [0.3, 0.4) is 0 Å². The molecule has 0 amide bonds. The summed E-state index contributed by atoms with van der Waals surface area (Å²) in [5.41, 5.74) is 6.16. The predicted octanol–water partition coefficient (Wildman–Crippen LogP) is 4.01. The smallest absolute Gasteiger partial charge is 0.165 e. The van der Waals surface area contributed by atoms with Crippen LogP contribution in [0.15, 0.2) is 46.9 Å². The maximum Gasteiger partial charge on any atom is 0.165 e. The molecule has 2 rings (SSSR count). The number of hydrogen-bond acceptors (Lipinski definition) is 2. The minimum atomic E-state index is -0.448. The first-order chi connectivity index (χ1) is 8.58. The summed E-state index contributed by atoms with van der Waals surface area (Å²) in [5.74, 6) is 0.103. The number of thiocarbonyl (C=S) groups is 1. The van der Waals surface area contributed by atoms with E-state index in [4.69, 9.17) is 22.7 Å². The molecule has 2 aromatic carbocycles. The number of para-hydroxylation sites is 1. The number of benzene rings is 2. The standard InChI is InChI=1S/C13H9BrFNOS/c14-8-5-6-10(15)12(7-8)17-11-4-2-1-3-9(11)13(16)18/h1-7H,(H2,16,18). The Morgan fingerprint density at radius 3 is 2.61 bits per heavy atom. The second-order valence-electron chi connectivity index (χ2n) is 3.54. The van der Waals surface area contributed by atoms with Crippen LogP contribution in [0.25, 0.3) is 0 Å². The molecule has 0 fully saturated rings. The van der Waals surface area contributed by atoms with Gasteiger partial charge in [-0.2, -0.15) is 0 Å². The first-order valence-corrected chi connectivity index (χ1v) is 6.30. The molecule has 2 aromatic rings. The molecule has 18 heavy (non-hydrogen) atoms. The minimum Gasteiger partial charge on any atom is -0.454 e. The third-order valence-electron chi connectivity index (χ3n) is 2.27. The van der Waals surface area contributed by atoms with E-state index in [1.165, 1.54) is 6.07 Å². The molecule has 0 heterocycles. The van der Waals surface area contributed by atoms with Crippen LogP contribution in [0.4, 0.5) is 4.39 Å². The summed E-state index contributed by atoms with van der Waals surface area (Å²) < 4.78 is 19.8. The summed E-state index contributed by atoms with van der Waals surface area (Å²) in [7, 11) is 0. The van der Waals surface area contributed by atoms with E-state index in [1.807, 2.05) is 0 Å². The van der Waals surface area contributed by atoms with E-state index in [2.05, 4.69) is 15.9 Å². The monoisotopic (exact) mass is 325 g/mol. The average Bonchev–Trinajstić information content (AvgIpc) is 2.34. The fraction of sp³-hybridized carbons (Fsp3) is 0. The van der Waals surface area contributed by atoms with Crippen molar-refractivity contribution >= 4 is 33.1 Å². The Morgan fingerprint density at radius 2 is 1.89 bits per heavy atom. The van der Waals surface area contributed by atoms with E-state index in [-0.39, 0.29) is 10.7 Å². The zero-order chi connectivity index (χ0) is 13.1. The molecule has 0 radical (unpaired) electrons. The van der Waals surface area contributed by atoms with Gasteiger partial charge in [-0.05, 0) is 30.3 Å². The van der Waals surface area contributed by atoms with Crippen molar-refractivity contribution < 1.29 is 9.13 Å². The summed E-state index contributed by atoms with van der Waals surface area (Å²) in [6.07, 6.45) is 0. The third-order valence-corrected chi connectivity index (χ3v) is 2.98. The van der Waals surface area contributed by atoms with Gasteiger partial charge in [0.1, 0.15) is 10.7 Å². The molecule has 0 atom stereocenters. The van der Waals surface area contributed by atoms with Gasteiger partial charge in [-0.15, -0.1) is 0 Å². The second kappa shape index (κ2) is 5.46. The molecule has 0 aromatic heterocycles. The minimum absolute atomic E-state index is 0.119. The van der Waals surface area contributed by atoms with Crippen LogP contribution in [-0.2, 0) is 0 Å². The van der Waals surface area contributed by atoms with Gasteiger partial charge in [0.25, 0.3) is 0 Å². The van der Waals surface area contributed by atoms with Gasteiger partial charge in [-0.25, -0.2) is 4.39 Å². The van der Waals surface area contributed by atoms with Crippen LogP contribution in [0.2, 0.25) is 0 Å². The van der Waals surface area contributed by atoms with Gasteiger partial charge >= 0.3 is 0 Å². The van der Waals surface area contributed by atoms with Crippen molar-refractivity contribution in [2.45, 2.75) is 0 Å². The van der Waals surface area contributed by atoms with Crippen LogP contribution in [0, 0.1) is 5.82 Å². The predicted molar refractivity (Wildman–Crippen MR) is 76.5 cm³/mol. The Kier molecular flexibility index (Phi) is 3.93. The van der Waals surface area contributed by atoms with Gasteiger partial charge in [0, 0.05) is 4.47 Å². The summed E-state index contributed by atoms with van der Waals surface area (Å²) in [4.78, 5) is 0.209. The van der Waals surface area contributed by atoms with E-state index in [1.54, 1.807) is 36.4 Å². The zero-order valence-corrected chi connectivity index (χ0v) is 11.6. The molecule has 0 aliphatic heterocycles. The fourth-order valence-electron chi connectivity index (χ4n) is 1.43. The Labute approximate surface area is 118 Å². The quantitative estimate of drug-likeness (QED) is 0.866. The van der Waals surface area contributed by atoms with Gasteiger partial charge in [-0.1, -0.05) is 40.3 Å². The van der Waals surface area contributed by atoms with Gasteiger partial charge < -0.3 is 10.5 Å².